The van der Waals surface area contributed by atoms with E-state index < -0.39 is 11.9 Å². The van der Waals surface area contributed by atoms with Crippen LogP contribution in [0.25, 0.3) is 6.08 Å². The van der Waals surface area contributed by atoms with Crippen LogP contribution in [0.2, 0.25) is 0 Å². The average Bonchev–Trinajstić information content (AvgIpc) is 3.07. The Morgan fingerprint density at radius 1 is 1.14 bits per heavy atom. The molecule has 21 heavy (non-hydrogen) atoms. The molecule has 1 aromatic rings. The zero-order chi connectivity index (χ0) is 14.8. The number of hydrogen-bond acceptors (Lipinski definition) is 2. The lowest BCUT2D eigenvalue weighted by molar-refractivity contribution is -0.144. The molecule has 4 atom stereocenters. The predicted octanol–water partition coefficient (Wildman–Crippen LogP) is 2.32. The van der Waals surface area contributed by atoms with Crippen molar-refractivity contribution >= 4 is 18.0 Å². The van der Waals surface area contributed by atoms with Gasteiger partial charge in [0.25, 0.3) is 0 Å². The van der Waals surface area contributed by atoms with Crippen molar-refractivity contribution in [3.63, 3.8) is 0 Å². The lowest BCUT2D eigenvalue weighted by Gasteiger charge is -2.28. The second-order valence-corrected chi connectivity index (χ2v) is 5.98. The van der Waals surface area contributed by atoms with Crippen LogP contribution >= 0.6 is 0 Å². The van der Waals surface area contributed by atoms with E-state index in [1.165, 1.54) is 6.08 Å². The van der Waals surface area contributed by atoms with Gasteiger partial charge in [0, 0.05) is 12.1 Å². The molecule has 2 fully saturated rings. The number of carbonyl (C=O) groups is 2. The lowest BCUT2D eigenvalue weighted by Crippen LogP contribution is -2.46. The number of rotatable bonds is 4. The molecule has 1 aromatic carbocycles. The van der Waals surface area contributed by atoms with Crippen LogP contribution < -0.4 is 5.32 Å². The van der Waals surface area contributed by atoms with Crippen molar-refractivity contribution in [3.05, 3.63) is 42.0 Å². The maximum Gasteiger partial charge on any atom is 0.308 e. The first-order valence-corrected chi connectivity index (χ1v) is 7.41. The Hall–Kier alpha value is -2.10. The van der Waals surface area contributed by atoms with Gasteiger partial charge in [-0.2, -0.15) is 0 Å². The van der Waals surface area contributed by atoms with Crippen LogP contribution in [0.5, 0.6) is 0 Å². The Kier molecular flexibility index (Phi) is 3.78. The third-order valence-corrected chi connectivity index (χ3v) is 4.74. The van der Waals surface area contributed by atoms with Crippen molar-refractivity contribution in [2.45, 2.75) is 25.3 Å². The van der Waals surface area contributed by atoms with Gasteiger partial charge in [-0.1, -0.05) is 30.3 Å². The van der Waals surface area contributed by atoms with E-state index in [1.807, 2.05) is 30.3 Å². The lowest BCUT2D eigenvalue weighted by atomic mass is 9.84. The van der Waals surface area contributed by atoms with Crippen LogP contribution in [0.3, 0.4) is 0 Å². The van der Waals surface area contributed by atoms with Gasteiger partial charge in [-0.15, -0.1) is 0 Å². The van der Waals surface area contributed by atoms with E-state index in [2.05, 4.69) is 5.32 Å². The van der Waals surface area contributed by atoms with Gasteiger partial charge in [0.1, 0.15) is 0 Å². The number of aliphatic carboxylic acids is 1. The van der Waals surface area contributed by atoms with Gasteiger partial charge in [0.2, 0.25) is 5.91 Å². The number of nitrogens with one attached hydrogen (secondary N) is 1. The van der Waals surface area contributed by atoms with E-state index in [-0.39, 0.29) is 17.9 Å². The highest BCUT2D eigenvalue weighted by Gasteiger charge is 2.51. The number of benzene rings is 1. The van der Waals surface area contributed by atoms with Gasteiger partial charge in [-0.25, -0.2) is 0 Å². The SMILES string of the molecule is O=C(C=Cc1ccccc1)NC1C2CCC(C2)C1C(=O)O. The van der Waals surface area contributed by atoms with Gasteiger partial charge >= 0.3 is 5.97 Å². The van der Waals surface area contributed by atoms with Crippen LogP contribution in [-0.4, -0.2) is 23.0 Å². The van der Waals surface area contributed by atoms with Gasteiger partial charge in [0.15, 0.2) is 0 Å². The standard InChI is InChI=1S/C17H19NO3/c19-14(9-6-11-4-2-1-3-5-11)18-16-13-8-7-12(10-13)15(16)17(20)21/h1-6,9,12-13,15-16H,7-8,10H2,(H,18,19)(H,20,21). The molecule has 0 aromatic heterocycles. The fraction of sp³-hybridized carbons (Fsp3) is 0.412. The molecule has 110 valence electrons. The fourth-order valence-corrected chi connectivity index (χ4v) is 3.80. The summed E-state index contributed by atoms with van der Waals surface area (Å²) in [6.45, 7) is 0. The van der Waals surface area contributed by atoms with Crippen molar-refractivity contribution in [1.29, 1.82) is 0 Å². The molecule has 4 unspecified atom stereocenters. The van der Waals surface area contributed by atoms with E-state index in [4.69, 9.17) is 0 Å². The summed E-state index contributed by atoms with van der Waals surface area (Å²) < 4.78 is 0. The molecular weight excluding hydrogens is 266 g/mol. The van der Waals surface area contributed by atoms with Crippen molar-refractivity contribution in [2.75, 3.05) is 0 Å². The van der Waals surface area contributed by atoms with Crippen LogP contribution in [0.4, 0.5) is 0 Å². The summed E-state index contributed by atoms with van der Waals surface area (Å²) in [6, 6.07) is 9.36. The minimum atomic E-state index is -0.778. The highest BCUT2D eigenvalue weighted by atomic mass is 16.4. The maximum absolute atomic E-state index is 12.0. The third kappa shape index (κ3) is 2.84. The van der Waals surface area contributed by atoms with E-state index in [1.54, 1.807) is 6.08 Å². The summed E-state index contributed by atoms with van der Waals surface area (Å²) in [5.74, 6) is -0.846. The number of hydrogen-bond donors (Lipinski definition) is 2. The van der Waals surface area contributed by atoms with Crippen LogP contribution in [0, 0.1) is 17.8 Å². The molecule has 3 rings (SSSR count). The summed E-state index contributed by atoms with van der Waals surface area (Å²) in [7, 11) is 0. The van der Waals surface area contributed by atoms with Gasteiger partial charge in [0.05, 0.1) is 5.92 Å². The van der Waals surface area contributed by atoms with E-state index >= 15 is 0 Å². The predicted molar refractivity (Wildman–Crippen MR) is 79.4 cm³/mol. The van der Waals surface area contributed by atoms with Gasteiger partial charge in [-0.05, 0) is 42.7 Å². The Morgan fingerprint density at radius 2 is 1.86 bits per heavy atom. The largest absolute Gasteiger partial charge is 0.481 e. The fourth-order valence-electron chi connectivity index (χ4n) is 3.80. The van der Waals surface area contributed by atoms with E-state index in [0.29, 0.717) is 5.92 Å². The van der Waals surface area contributed by atoms with Gasteiger partial charge in [-0.3, -0.25) is 9.59 Å². The zero-order valence-electron chi connectivity index (χ0n) is 11.7. The number of carbonyl (C=O) groups excluding carboxylic acids is 1. The van der Waals surface area contributed by atoms with Crippen LogP contribution in [-0.2, 0) is 9.59 Å². The summed E-state index contributed by atoms with van der Waals surface area (Å²) in [4.78, 5) is 23.4. The van der Waals surface area contributed by atoms with Crippen molar-refractivity contribution < 1.29 is 14.7 Å². The number of carboxylic acid groups (broad SMARTS) is 1. The normalized spacial score (nSPS) is 30.7. The molecule has 2 saturated carbocycles. The topological polar surface area (TPSA) is 66.4 Å². The molecule has 2 aliphatic rings. The molecule has 0 aliphatic heterocycles. The van der Waals surface area contributed by atoms with Crippen molar-refractivity contribution in [2.24, 2.45) is 17.8 Å². The summed E-state index contributed by atoms with van der Waals surface area (Å²) in [5, 5.41) is 12.3. The first-order valence-electron chi connectivity index (χ1n) is 7.41. The first kappa shape index (κ1) is 13.9. The molecule has 2 aliphatic carbocycles. The van der Waals surface area contributed by atoms with E-state index in [0.717, 1.165) is 24.8 Å². The molecule has 4 nitrogen and oxygen atoms in total. The summed E-state index contributed by atoms with van der Waals surface area (Å²) in [6.07, 6.45) is 6.18. The second-order valence-electron chi connectivity index (χ2n) is 5.98. The highest BCUT2D eigenvalue weighted by molar-refractivity contribution is 5.92. The second kappa shape index (κ2) is 5.72. The molecule has 0 saturated heterocycles. The average molecular weight is 285 g/mol. The molecule has 2 N–H and O–H groups in total. The Bertz CT molecular complexity index is 567. The Labute approximate surface area is 123 Å². The van der Waals surface area contributed by atoms with Crippen molar-refractivity contribution in [3.8, 4) is 0 Å². The van der Waals surface area contributed by atoms with Crippen molar-refractivity contribution in [1.82, 2.24) is 5.32 Å². The Morgan fingerprint density at radius 3 is 2.57 bits per heavy atom. The molecule has 2 bridgehead atoms. The van der Waals surface area contributed by atoms with E-state index in [9.17, 15) is 14.7 Å². The molecule has 0 radical (unpaired) electrons. The van der Waals surface area contributed by atoms with Crippen LogP contribution in [0.1, 0.15) is 24.8 Å². The molecule has 4 heteroatoms. The minimum absolute atomic E-state index is 0.206. The molecule has 0 heterocycles. The molecule has 0 spiro atoms. The zero-order valence-corrected chi connectivity index (χ0v) is 11.7. The maximum atomic E-state index is 12.0. The number of fused-ring (bicyclic) bond motifs is 2. The summed E-state index contributed by atoms with van der Waals surface area (Å²) in [5.41, 5.74) is 0.954. The van der Waals surface area contributed by atoms with Gasteiger partial charge < -0.3 is 10.4 Å². The third-order valence-electron chi connectivity index (χ3n) is 4.74. The highest BCUT2D eigenvalue weighted by Crippen LogP contribution is 2.48. The quantitative estimate of drug-likeness (QED) is 0.834. The number of carboxylic acids is 1. The monoisotopic (exact) mass is 285 g/mol. The Balaban J connectivity index is 1.64. The molecule has 1 amide bonds. The molecular formula is C17H19NO3. The minimum Gasteiger partial charge on any atom is -0.481 e. The smallest absolute Gasteiger partial charge is 0.308 e. The summed E-state index contributed by atoms with van der Waals surface area (Å²) >= 11 is 0. The number of amides is 1. The first-order chi connectivity index (χ1) is 10.1. The van der Waals surface area contributed by atoms with Crippen LogP contribution in [0.15, 0.2) is 36.4 Å².